The molecule has 10 heteroatoms. The molecule has 282 valence electrons. The van der Waals surface area contributed by atoms with Crippen molar-refractivity contribution >= 4 is 35.9 Å². The van der Waals surface area contributed by atoms with Crippen LogP contribution in [0, 0.1) is 6.92 Å². The number of nitrogens with one attached hydrogen (secondary N) is 4. The van der Waals surface area contributed by atoms with Gasteiger partial charge in [0.2, 0.25) is 0 Å². The number of rotatable bonds is 22. The average molecular weight is 715 g/mol. The van der Waals surface area contributed by atoms with E-state index in [1.54, 1.807) is 0 Å². The molecule has 0 aromatic carbocycles. The van der Waals surface area contributed by atoms with Gasteiger partial charge in [-0.1, -0.05) is 52.4 Å². The van der Waals surface area contributed by atoms with E-state index in [2.05, 4.69) is 53.5 Å². The molecule has 52 heavy (non-hydrogen) atoms. The lowest BCUT2D eigenvalue weighted by molar-refractivity contribution is -0.138. The standard InChI is InChI=1S/C42H58N4O6/c1-6-31-27(4)41(51)45-36(31)23-30-22-29(18-14-10-8-12-16-20-39(47)48)35(43-30)25-38-33(19-15-11-9-13-17-21-40(49)50)26(3)34(44-38)24-37-32(7-2)28(5)42(52)46-37/h22-24,43-44H,6-21,25H2,1-5H3,(H,45,51)(H,46,52)(H,47,48)(H,49,50)/b36-23+,37-24-. The number of amides is 2. The lowest BCUT2D eigenvalue weighted by Crippen LogP contribution is -2.15. The van der Waals surface area contributed by atoms with Gasteiger partial charge >= 0.3 is 11.9 Å². The molecule has 2 amide bonds. The minimum atomic E-state index is -0.743. The fourth-order valence-corrected chi connectivity index (χ4v) is 7.50. The summed E-state index contributed by atoms with van der Waals surface area (Å²) in [6, 6.07) is 2.20. The van der Waals surface area contributed by atoms with Crippen LogP contribution < -0.4 is 10.6 Å². The Hall–Kier alpha value is -4.60. The number of aliphatic carboxylic acids is 2. The summed E-state index contributed by atoms with van der Waals surface area (Å²) in [6.07, 6.45) is 17.7. The molecule has 0 bridgehead atoms. The van der Waals surface area contributed by atoms with Gasteiger partial charge in [0.25, 0.3) is 11.8 Å². The van der Waals surface area contributed by atoms with Crippen LogP contribution >= 0.6 is 0 Å². The lowest BCUT2D eigenvalue weighted by atomic mass is 9.97. The van der Waals surface area contributed by atoms with E-state index in [-0.39, 0.29) is 24.7 Å². The van der Waals surface area contributed by atoms with Crippen molar-refractivity contribution in [2.24, 2.45) is 0 Å². The molecule has 0 saturated heterocycles. The van der Waals surface area contributed by atoms with Crippen molar-refractivity contribution in [3.05, 3.63) is 79.2 Å². The number of unbranched alkanes of at least 4 members (excludes halogenated alkanes) is 8. The number of hydrogen-bond acceptors (Lipinski definition) is 4. The molecule has 4 heterocycles. The molecule has 0 saturated carbocycles. The number of aryl methyl sites for hydroxylation is 1. The molecular formula is C42H58N4O6. The molecule has 10 nitrogen and oxygen atoms in total. The maximum Gasteiger partial charge on any atom is 0.303 e. The topological polar surface area (TPSA) is 164 Å². The maximum absolute atomic E-state index is 12.5. The Bertz CT molecular complexity index is 1770. The van der Waals surface area contributed by atoms with Gasteiger partial charge in [0.05, 0.1) is 0 Å². The summed E-state index contributed by atoms with van der Waals surface area (Å²) in [6.45, 7) is 10.0. The van der Waals surface area contributed by atoms with Crippen LogP contribution in [-0.4, -0.2) is 43.9 Å². The van der Waals surface area contributed by atoms with E-state index in [1.165, 1.54) is 16.7 Å². The highest BCUT2D eigenvalue weighted by atomic mass is 16.4. The molecule has 6 N–H and O–H groups in total. The van der Waals surface area contributed by atoms with Gasteiger partial charge in [-0.3, -0.25) is 19.2 Å². The molecule has 0 atom stereocenters. The number of hydrogen-bond donors (Lipinski definition) is 6. The molecular weight excluding hydrogens is 656 g/mol. The van der Waals surface area contributed by atoms with Gasteiger partial charge in [-0.15, -0.1) is 0 Å². The third kappa shape index (κ3) is 10.7. The summed E-state index contributed by atoms with van der Waals surface area (Å²) in [5.74, 6) is -1.59. The van der Waals surface area contributed by atoms with Gasteiger partial charge in [-0.2, -0.15) is 0 Å². The number of carboxylic acids is 2. The minimum absolute atomic E-state index is 0.0510. The number of H-pyrrole nitrogens is 2. The monoisotopic (exact) mass is 714 g/mol. The molecule has 0 spiro atoms. The van der Waals surface area contributed by atoms with Crippen molar-refractivity contribution in [3.8, 4) is 0 Å². The summed E-state index contributed by atoms with van der Waals surface area (Å²) in [7, 11) is 0. The zero-order chi connectivity index (χ0) is 37.8. The van der Waals surface area contributed by atoms with Gasteiger partial charge < -0.3 is 30.8 Å². The summed E-state index contributed by atoms with van der Waals surface area (Å²) in [5.41, 5.74) is 13.1. The van der Waals surface area contributed by atoms with Crippen molar-refractivity contribution in [3.63, 3.8) is 0 Å². The number of carboxylic acid groups (broad SMARTS) is 2. The normalized spacial score (nSPS) is 16.2. The van der Waals surface area contributed by atoms with Crippen LogP contribution in [0.4, 0.5) is 0 Å². The Morgan fingerprint density at radius 2 is 1.15 bits per heavy atom. The number of carbonyl (C=O) groups excluding carboxylic acids is 2. The van der Waals surface area contributed by atoms with Crippen LogP contribution in [0.25, 0.3) is 12.2 Å². The molecule has 0 fully saturated rings. The van der Waals surface area contributed by atoms with Gasteiger partial charge in [-0.05, 0) is 118 Å². The van der Waals surface area contributed by atoms with E-state index >= 15 is 0 Å². The fourth-order valence-electron chi connectivity index (χ4n) is 7.50. The molecule has 0 radical (unpaired) electrons. The van der Waals surface area contributed by atoms with E-state index in [0.717, 1.165) is 134 Å². The van der Waals surface area contributed by atoms with Gasteiger partial charge in [-0.25, -0.2) is 0 Å². The van der Waals surface area contributed by atoms with Crippen molar-refractivity contribution in [2.45, 2.75) is 144 Å². The van der Waals surface area contributed by atoms with E-state index in [4.69, 9.17) is 10.2 Å². The Labute approximate surface area is 308 Å². The first-order chi connectivity index (χ1) is 24.9. The summed E-state index contributed by atoms with van der Waals surface area (Å²) in [5, 5.41) is 24.0. The van der Waals surface area contributed by atoms with Gasteiger partial charge in [0, 0.05) is 64.6 Å². The molecule has 0 unspecified atom stereocenters. The Balaban J connectivity index is 1.63. The molecule has 2 aromatic heterocycles. The minimum Gasteiger partial charge on any atom is -0.481 e. The maximum atomic E-state index is 12.5. The highest BCUT2D eigenvalue weighted by Gasteiger charge is 2.25. The molecule has 2 aliphatic heterocycles. The SMILES string of the molecule is CCC1=C(C)C(=O)N/C1=C\c1[nH]c(Cc2[nH]c(/C=C3/NC(=O)C(C)=C3CC)cc2CCCCCCCC(=O)O)c(CCCCCCCC(=O)O)c1C. The van der Waals surface area contributed by atoms with Crippen molar-refractivity contribution in [1.82, 2.24) is 20.6 Å². The van der Waals surface area contributed by atoms with Crippen molar-refractivity contribution in [2.75, 3.05) is 0 Å². The summed E-state index contributed by atoms with van der Waals surface area (Å²) < 4.78 is 0. The predicted molar refractivity (Wildman–Crippen MR) is 205 cm³/mol. The lowest BCUT2D eigenvalue weighted by Gasteiger charge is -2.08. The molecule has 0 aliphatic carbocycles. The second-order valence-electron chi connectivity index (χ2n) is 14.3. The van der Waals surface area contributed by atoms with E-state index in [1.807, 2.05) is 19.9 Å². The van der Waals surface area contributed by atoms with Gasteiger partial charge in [0.15, 0.2) is 0 Å². The van der Waals surface area contributed by atoms with Crippen LogP contribution in [0.15, 0.2) is 39.8 Å². The number of aromatic nitrogens is 2. The Morgan fingerprint density at radius 3 is 1.69 bits per heavy atom. The van der Waals surface area contributed by atoms with Crippen LogP contribution in [0.2, 0.25) is 0 Å². The largest absolute Gasteiger partial charge is 0.481 e. The van der Waals surface area contributed by atoms with Crippen LogP contribution in [0.5, 0.6) is 0 Å². The van der Waals surface area contributed by atoms with E-state index in [0.29, 0.717) is 19.3 Å². The predicted octanol–water partition coefficient (Wildman–Crippen LogP) is 8.57. The first-order valence-electron chi connectivity index (χ1n) is 19.2. The number of aromatic amines is 2. The summed E-state index contributed by atoms with van der Waals surface area (Å²) >= 11 is 0. The second kappa shape index (κ2) is 19.3. The molecule has 2 aromatic rings. The van der Waals surface area contributed by atoms with E-state index < -0.39 is 11.9 Å². The Morgan fingerprint density at radius 1 is 0.654 bits per heavy atom. The second-order valence-corrected chi connectivity index (χ2v) is 14.3. The average Bonchev–Trinajstić information content (AvgIpc) is 3.78. The zero-order valence-corrected chi connectivity index (χ0v) is 31.8. The zero-order valence-electron chi connectivity index (χ0n) is 31.8. The molecule has 2 aliphatic rings. The Kier molecular flexibility index (Phi) is 14.9. The highest BCUT2D eigenvalue weighted by molar-refractivity contribution is 6.01. The van der Waals surface area contributed by atoms with E-state index in [9.17, 15) is 19.2 Å². The van der Waals surface area contributed by atoms with Crippen LogP contribution in [0.1, 0.15) is 157 Å². The molecule has 4 rings (SSSR count). The first-order valence-corrected chi connectivity index (χ1v) is 19.2. The first kappa shape index (κ1) is 40.2. The quantitative estimate of drug-likeness (QED) is 0.0669. The smallest absolute Gasteiger partial charge is 0.303 e. The third-order valence-corrected chi connectivity index (χ3v) is 10.6. The van der Waals surface area contributed by atoms with Crippen molar-refractivity contribution in [1.29, 1.82) is 0 Å². The van der Waals surface area contributed by atoms with Crippen LogP contribution in [0.3, 0.4) is 0 Å². The fraction of sp³-hybridized carbons (Fsp3) is 0.524. The van der Waals surface area contributed by atoms with Gasteiger partial charge in [0.1, 0.15) is 0 Å². The number of allylic oxidation sites excluding steroid dienone is 2. The van der Waals surface area contributed by atoms with Crippen LogP contribution in [-0.2, 0) is 38.4 Å². The van der Waals surface area contributed by atoms with Crippen molar-refractivity contribution < 1.29 is 29.4 Å². The summed E-state index contributed by atoms with van der Waals surface area (Å²) in [4.78, 5) is 54.3. The highest BCUT2D eigenvalue weighted by Crippen LogP contribution is 2.31. The number of carbonyl (C=O) groups is 4. The third-order valence-electron chi connectivity index (χ3n) is 10.6.